The Morgan fingerprint density at radius 1 is 1.09 bits per heavy atom. The first-order valence-electron chi connectivity index (χ1n) is 12.0. The van der Waals surface area contributed by atoms with Crippen LogP contribution in [0.5, 0.6) is 5.75 Å². The summed E-state index contributed by atoms with van der Waals surface area (Å²) in [4.78, 5) is 44.4. The number of hydrogen-bond acceptors (Lipinski definition) is 6. The Kier molecular flexibility index (Phi) is 6.10. The Hall–Kier alpha value is -3.59. The molecule has 1 unspecified atom stereocenters. The Morgan fingerprint density at radius 3 is 2.51 bits per heavy atom. The summed E-state index contributed by atoms with van der Waals surface area (Å²) < 4.78 is 0. The van der Waals surface area contributed by atoms with Crippen molar-refractivity contribution >= 4 is 23.9 Å². The van der Waals surface area contributed by atoms with E-state index in [1.54, 1.807) is 46.1 Å². The maximum absolute atomic E-state index is 13.8. The number of rotatable bonds is 7. The number of anilines is 1. The maximum Gasteiger partial charge on any atom is 0.246 e. The topological polar surface area (TPSA) is 87.6 Å². The van der Waals surface area contributed by atoms with Crippen molar-refractivity contribution in [3.05, 3.63) is 59.7 Å². The SMILES string of the molecule is CN(c1cccc(CN2CC3N(C(=O)CN(C)N3C=O)[C@@H](Cc3ccc(O)cc3)C2=O)c1)C1CC1. The summed E-state index contributed by atoms with van der Waals surface area (Å²) in [5, 5.41) is 12.8. The van der Waals surface area contributed by atoms with Crippen molar-refractivity contribution in [3.8, 4) is 5.75 Å². The van der Waals surface area contributed by atoms with Crippen molar-refractivity contribution in [1.82, 2.24) is 19.8 Å². The molecule has 2 aliphatic heterocycles. The van der Waals surface area contributed by atoms with Crippen LogP contribution >= 0.6 is 0 Å². The fourth-order valence-corrected chi connectivity index (χ4v) is 5.15. The molecule has 5 rings (SSSR count). The molecule has 2 saturated heterocycles. The van der Waals surface area contributed by atoms with Gasteiger partial charge in [0.2, 0.25) is 18.2 Å². The third kappa shape index (κ3) is 4.55. The van der Waals surface area contributed by atoms with Crippen LogP contribution in [0.3, 0.4) is 0 Å². The molecule has 9 nitrogen and oxygen atoms in total. The summed E-state index contributed by atoms with van der Waals surface area (Å²) in [6.45, 7) is 0.665. The van der Waals surface area contributed by atoms with Crippen LogP contribution in [0.25, 0.3) is 0 Å². The van der Waals surface area contributed by atoms with Gasteiger partial charge < -0.3 is 19.8 Å². The van der Waals surface area contributed by atoms with E-state index in [2.05, 4.69) is 24.1 Å². The summed E-state index contributed by atoms with van der Waals surface area (Å²) in [6, 6.07) is 14.7. The largest absolute Gasteiger partial charge is 0.508 e. The summed E-state index contributed by atoms with van der Waals surface area (Å²) >= 11 is 0. The van der Waals surface area contributed by atoms with Crippen LogP contribution in [-0.2, 0) is 27.3 Å². The third-order valence-electron chi connectivity index (χ3n) is 7.25. The summed E-state index contributed by atoms with van der Waals surface area (Å²) in [5.74, 6) is -0.179. The van der Waals surface area contributed by atoms with Crippen LogP contribution in [0.4, 0.5) is 5.69 Å². The molecule has 35 heavy (non-hydrogen) atoms. The number of phenols is 1. The molecular formula is C26H31N5O4. The van der Waals surface area contributed by atoms with Gasteiger partial charge in [0, 0.05) is 38.8 Å². The number of benzene rings is 2. The van der Waals surface area contributed by atoms with Gasteiger partial charge in [-0.2, -0.15) is 0 Å². The average molecular weight is 478 g/mol. The van der Waals surface area contributed by atoms with Crippen LogP contribution in [0.2, 0.25) is 0 Å². The molecule has 3 amide bonds. The molecule has 0 bridgehead atoms. The summed E-state index contributed by atoms with van der Waals surface area (Å²) in [6.07, 6.45) is 2.85. The average Bonchev–Trinajstić information content (AvgIpc) is 3.68. The second-order valence-electron chi connectivity index (χ2n) is 9.70. The molecule has 2 aromatic carbocycles. The molecule has 2 heterocycles. The number of amides is 3. The van der Waals surface area contributed by atoms with E-state index < -0.39 is 12.2 Å². The highest BCUT2D eigenvalue weighted by atomic mass is 16.3. The number of likely N-dealkylation sites (N-methyl/N-ethyl adjacent to an activating group) is 1. The smallest absolute Gasteiger partial charge is 0.246 e. The van der Waals surface area contributed by atoms with Crippen molar-refractivity contribution in [3.63, 3.8) is 0 Å². The van der Waals surface area contributed by atoms with Gasteiger partial charge in [0.25, 0.3) is 0 Å². The first-order chi connectivity index (χ1) is 16.9. The van der Waals surface area contributed by atoms with Gasteiger partial charge in [0.15, 0.2) is 0 Å². The number of carbonyl (C=O) groups excluding carboxylic acids is 3. The lowest BCUT2D eigenvalue weighted by atomic mass is 9.98. The number of piperazine rings is 1. The molecule has 184 valence electrons. The number of aromatic hydroxyl groups is 1. The molecule has 3 aliphatic rings. The quantitative estimate of drug-likeness (QED) is 0.607. The fourth-order valence-electron chi connectivity index (χ4n) is 5.15. The molecule has 9 heteroatoms. The zero-order valence-corrected chi connectivity index (χ0v) is 20.1. The maximum atomic E-state index is 13.8. The Balaban J connectivity index is 1.44. The summed E-state index contributed by atoms with van der Waals surface area (Å²) in [7, 11) is 3.80. The highest BCUT2D eigenvalue weighted by Crippen LogP contribution is 2.32. The standard InChI is InChI=1S/C26H31N5O4/c1-27-16-25(34)31-23(13-18-6-10-22(33)11-7-18)26(35)29(15-24(31)30(27)17-32)14-19-4-3-5-21(12-19)28(2)20-8-9-20/h3-7,10-12,17,20,23-24,33H,8-9,13-16H2,1-2H3/t23-,24?/m0/s1. The van der Waals surface area contributed by atoms with Gasteiger partial charge in [-0.25, -0.2) is 5.01 Å². The first kappa shape index (κ1) is 23.2. The molecular weight excluding hydrogens is 446 g/mol. The van der Waals surface area contributed by atoms with Crippen LogP contribution in [-0.4, -0.2) is 88.6 Å². The Bertz CT molecular complexity index is 1120. The third-order valence-corrected chi connectivity index (χ3v) is 7.25. The van der Waals surface area contributed by atoms with Crippen LogP contribution in [0, 0.1) is 0 Å². The molecule has 2 atom stereocenters. The van der Waals surface area contributed by atoms with E-state index in [4.69, 9.17) is 0 Å². The van der Waals surface area contributed by atoms with Gasteiger partial charge in [0.1, 0.15) is 18.0 Å². The molecule has 1 N–H and O–H groups in total. The van der Waals surface area contributed by atoms with E-state index in [1.807, 2.05) is 12.1 Å². The molecule has 3 fully saturated rings. The molecule has 1 saturated carbocycles. The lowest BCUT2D eigenvalue weighted by molar-refractivity contribution is -0.196. The zero-order chi connectivity index (χ0) is 24.7. The second-order valence-corrected chi connectivity index (χ2v) is 9.70. The van der Waals surface area contributed by atoms with Gasteiger partial charge in [0.05, 0.1) is 13.1 Å². The van der Waals surface area contributed by atoms with Gasteiger partial charge in [-0.1, -0.05) is 24.3 Å². The number of nitrogens with zero attached hydrogens (tertiary/aromatic N) is 5. The van der Waals surface area contributed by atoms with E-state index in [1.165, 1.54) is 17.9 Å². The van der Waals surface area contributed by atoms with Crippen LogP contribution in [0.15, 0.2) is 48.5 Å². The fraction of sp³-hybridized carbons (Fsp3) is 0.423. The van der Waals surface area contributed by atoms with Gasteiger partial charge >= 0.3 is 0 Å². The van der Waals surface area contributed by atoms with E-state index >= 15 is 0 Å². The van der Waals surface area contributed by atoms with Crippen molar-refractivity contribution in [1.29, 1.82) is 0 Å². The molecule has 0 radical (unpaired) electrons. The van der Waals surface area contributed by atoms with Crippen LogP contribution in [0.1, 0.15) is 24.0 Å². The molecule has 0 aromatic heterocycles. The van der Waals surface area contributed by atoms with Gasteiger partial charge in [-0.3, -0.25) is 19.4 Å². The lowest BCUT2D eigenvalue weighted by Crippen LogP contribution is -2.74. The second kappa shape index (κ2) is 9.22. The molecule has 0 spiro atoms. The number of hydrazine groups is 1. The van der Waals surface area contributed by atoms with Gasteiger partial charge in [-0.05, 0) is 48.2 Å². The highest BCUT2D eigenvalue weighted by molar-refractivity contribution is 5.91. The lowest BCUT2D eigenvalue weighted by Gasteiger charge is -2.53. The predicted molar refractivity (Wildman–Crippen MR) is 130 cm³/mol. The Morgan fingerprint density at radius 2 is 1.83 bits per heavy atom. The highest BCUT2D eigenvalue weighted by Gasteiger charge is 2.49. The minimum Gasteiger partial charge on any atom is -0.508 e. The zero-order valence-electron chi connectivity index (χ0n) is 20.1. The predicted octanol–water partition coefficient (Wildman–Crippen LogP) is 1.42. The van der Waals surface area contributed by atoms with Crippen molar-refractivity contribution < 1.29 is 19.5 Å². The van der Waals surface area contributed by atoms with Gasteiger partial charge in [-0.15, -0.1) is 0 Å². The number of carbonyl (C=O) groups is 3. The minimum atomic E-state index is -0.737. The van der Waals surface area contributed by atoms with Crippen molar-refractivity contribution in [2.45, 2.75) is 44.1 Å². The van der Waals surface area contributed by atoms with Crippen LogP contribution < -0.4 is 4.90 Å². The van der Waals surface area contributed by atoms with E-state index in [0.29, 0.717) is 19.0 Å². The minimum absolute atomic E-state index is 0.0319. The number of phenolic OH excluding ortho intramolecular Hbond substituents is 1. The summed E-state index contributed by atoms with van der Waals surface area (Å²) in [5.41, 5.74) is 2.96. The monoisotopic (exact) mass is 477 g/mol. The number of fused-ring (bicyclic) bond motifs is 1. The van der Waals surface area contributed by atoms with Crippen molar-refractivity contribution in [2.24, 2.45) is 0 Å². The van der Waals surface area contributed by atoms with E-state index in [0.717, 1.165) is 23.2 Å². The first-order valence-corrected chi connectivity index (χ1v) is 12.0. The molecule has 1 aliphatic carbocycles. The van der Waals surface area contributed by atoms with Crippen molar-refractivity contribution in [2.75, 3.05) is 32.1 Å². The normalized spacial score (nSPS) is 22.9. The van der Waals surface area contributed by atoms with E-state index in [-0.39, 0.29) is 30.7 Å². The van der Waals surface area contributed by atoms with E-state index in [9.17, 15) is 19.5 Å². The number of hydrogen-bond donors (Lipinski definition) is 1. The Labute approximate surface area is 205 Å². The molecule has 2 aromatic rings.